The minimum atomic E-state index is -0.488. The fourth-order valence-corrected chi connectivity index (χ4v) is 3.77. The Bertz CT molecular complexity index is 553. The fourth-order valence-electron chi connectivity index (χ4n) is 3.37. The molecule has 0 radical (unpaired) electrons. The van der Waals surface area contributed by atoms with Crippen molar-refractivity contribution in [2.24, 2.45) is 21.6 Å². The number of amidine groups is 1. The van der Waals surface area contributed by atoms with Gasteiger partial charge in [-0.25, -0.2) is 4.99 Å². The van der Waals surface area contributed by atoms with Crippen LogP contribution in [0.3, 0.4) is 0 Å². The Kier molecular flexibility index (Phi) is 3.67. The maximum absolute atomic E-state index is 6.04. The number of rotatable bonds is 2. The molecule has 1 atom stereocenters. The Morgan fingerprint density at radius 1 is 1.20 bits per heavy atom. The van der Waals surface area contributed by atoms with Crippen molar-refractivity contribution in [2.75, 3.05) is 0 Å². The molecule has 0 spiro atoms. The lowest BCUT2D eigenvalue weighted by Gasteiger charge is -2.35. The molecule has 0 bridgehead atoms. The van der Waals surface area contributed by atoms with Gasteiger partial charge in [-0.15, -0.1) is 0 Å². The van der Waals surface area contributed by atoms with Crippen LogP contribution in [0.2, 0.25) is 0 Å². The quantitative estimate of drug-likeness (QED) is 0.873. The highest BCUT2D eigenvalue weighted by Crippen LogP contribution is 2.45. The highest BCUT2D eigenvalue weighted by molar-refractivity contribution is 9.10. The number of nitrogens with zero attached hydrogens (tertiary/aromatic N) is 2. The van der Waals surface area contributed by atoms with E-state index in [9.17, 15) is 0 Å². The van der Waals surface area contributed by atoms with E-state index in [4.69, 9.17) is 15.7 Å². The molecule has 1 aromatic rings. The van der Waals surface area contributed by atoms with Gasteiger partial charge in [-0.2, -0.15) is 0 Å². The van der Waals surface area contributed by atoms with E-state index in [0.717, 1.165) is 15.7 Å². The normalized spacial score (nSPS) is 27.3. The summed E-state index contributed by atoms with van der Waals surface area (Å²) in [4.78, 5) is 9.71. The van der Waals surface area contributed by atoms with Crippen LogP contribution in [0.1, 0.15) is 44.6 Å². The predicted molar refractivity (Wildman–Crippen MR) is 87.1 cm³/mol. The second-order valence-electron chi connectivity index (χ2n) is 5.77. The zero-order valence-electron chi connectivity index (χ0n) is 11.8. The molecule has 1 heterocycles. The summed E-state index contributed by atoms with van der Waals surface area (Å²) in [6, 6.07) is 8.35. The van der Waals surface area contributed by atoms with Gasteiger partial charge in [-0.3, -0.25) is 4.99 Å². The van der Waals surface area contributed by atoms with E-state index in [0.29, 0.717) is 11.8 Å². The summed E-state index contributed by atoms with van der Waals surface area (Å²) >= 11 is 3.56. The van der Waals surface area contributed by atoms with Crippen molar-refractivity contribution in [3.63, 3.8) is 0 Å². The molecular formula is C16H20BrN3. The molecule has 1 fully saturated rings. The zero-order valence-corrected chi connectivity index (χ0v) is 13.4. The van der Waals surface area contributed by atoms with Gasteiger partial charge in [0.1, 0.15) is 5.84 Å². The van der Waals surface area contributed by atoms with Gasteiger partial charge in [0.25, 0.3) is 0 Å². The Morgan fingerprint density at radius 3 is 2.55 bits per heavy atom. The van der Waals surface area contributed by atoms with Crippen LogP contribution < -0.4 is 5.73 Å². The fraction of sp³-hybridized carbons (Fsp3) is 0.500. The molecule has 1 saturated carbocycles. The van der Waals surface area contributed by atoms with Gasteiger partial charge in [0.05, 0.1) is 5.71 Å². The highest BCUT2D eigenvalue weighted by Gasteiger charge is 2.43. The monoisotopic (exact) mass is 333 g/mol. The first-order valence-corrected chi connectivity index (χ1v) is 8.09. The molecule has 0 amide bonds. The molecule has 0 saturated heterocycles. The molecule has 20 heavy (non-hydrogen) atoms. The minimum Gasteiger partial charge on any atom is -0.382 e. The number of hydrogen-bond donors (Lipinski definition) is 1. The summed E-state index contributed by atoms with van der Waals surface area (Å²) in [5.74, 6) is 1.05. The van der Waals surface area contributed by atoms with Gasteiger partial charge in [0.15, 0.2) is 5.66 Å². The number of hydrogen-bond acceptors (Lipinski definition) is 3. The molecule has 106 valence electrons. The minimum absolute atomic E-state index is 0.460. The summed E-state index contributed by atoms with van der Waals surface area (Å²) in [6.45, 7) is 1.96. The molecule has 1 aliphatic carbocycles. The molecule has 3 nitrogen and oxygen atoms in total. The molecular weight excluding hydrogens is 314 g/mol. The highest BCUT2D eigenvalue weighted by atomic mass is 79.9. The third-order valence-electron chi connectivity index (χ3n) is 4.42. The third kappa shape index (κ3) is 2.30. The maximum atomic E-state index is 6.04. The third-order valence-corrected chi connectivity index (χ3v) is 4.92. The van der Waals surface area contributed by atoms with Crippen LogP contribution in [0, 0.1) is 5.92 Å². The lowest BCUT2D eigenvalue weighted by molar-refractivity contribution is 0.220. The van der Waals surface area contributed by atoms with E-state index in [2.05, 4.69) is 34.1 Å². The van der Waals surface area contributed by atoms with Gasteiger partial charge < -0.3 is 5.73 Å². The summed E-state index contributed by atoms with van der Waals surface area (Å²) in [7, 11) is 0. The van der Waals surface area contributed by atoms with Gasteiger partial charge in [0, 0.05) is 16.0 Å². The second-order valence-corrected chi connectivity index (χ2v) is 6.68. The van der Waals surface area contributed by atoms with Crippen LogP contribution in [-0.2, 0) is 5.66 Å². The Labute approximate surface area is 128 Å². The summed E-state index contributed by atoms with van der Waals surface area (Å²) < 4.78 is 1.07. The smallest absolute Gasteiger partial charge is 0.181 e. The first kappa shape index (κ1) is 13.8. The molecule has 2 aliphatic rings. The topological polar surface area (TPSA) is 50.7 Å². The number of aliphatic imine (C=N–C) groups is 2. The SMILES string of the molecule is CC1=N[C@](c2cccc(Br)c2)(C2CCCCC2)N=C1N. The summed E-state index contributed by atoms with van der Waals surface area (Å²) in [6.07, 6.45) is 6.22. The molecule has 2 N–H and O–H groups in total. The van der Waals surface area contributed by atoms with E-state index < -0.39 is 5.66 Å². The van der Waals surface area contributed by atoms with Crippen molar-refractivity contribution in [2.45, 2.75) is 44.7 Å². The van der Waals surface area contributed by atoms with Gasteiger partial charge in [-0.1, -0.05) is 47.3 Å². The van der Waals surface area contributed by atoms with Crippen LogP contribution in [0.15, 0.2) is 38.7 Å². The Balaban J connectivity index is 2.09. The number of nitrogens with two attached hydrogens (primary N) is 1. The lowest BCUT2D eigenvalue weighted by Crippen LogP contribution is -2.32. The van der Waals surface area contributed by atoms with E-state index in [1.807, 2.05) is 13.0 Å². The van der Waals surface area contributed by atoms with Crippen LogP contribution in [0.5, 0.6) is 0 Å². The zero-order chi connectivity index (χ0) is 14.2. The van der Waals surface area contributed by atoms with Crippen LogP contribution >= 0.6 is 15.9 Å². The van der Waals surface area contributed by atoms with E-state index in [1.54, 1.807) is 0 Å². The molecule has 0 aromatic heterocycles. The molecule has 1 aliphatic heterocycles. The number of halogens is 1. The standard InChI is InChI=1S/C16H20BrN3/c1-11-15(18)20-16(19-11,12-6-3-2-4-7-12)13-8-5-9-14(17)10-13/h5,8-10,12H,2-4,6-7H2,1H3,(H2,18,20)/t16-/m1/s1. The molecule has 4 heteroatoms. The lowest BCUT2D eigenvalue weighted by atomic mass is 9.77. The summed E-state index contributed by atoms with van der Waals surface area (Å²) in [5, 5.41) is 0. The molecule has 0 unspecified atom stereocenters. The van der Waals surface area contributed by atoms with E-state index >= 15 is 0 Å². The van der Waals surface area contributed by atoms with Crippen LogP contribution in [0.4, 0.5) is 0 Å². The number of benzene rings is 1. The molecule has 3 rings (SSSR count). The summed E-state index contributed by atoms with van der Waals surface area (Å²) in [5.41, 5.74) is 7.58. The van der Waals surface area contributed by atoms with Crippen molar-refractivity contribution in [3.8, 4) is 0 Å². The molecule has 1 aromatic carbocycles. The average Bonchev–Trinajstić information content (AvgIpc) is 2.77. The van der Waals surface area contributed by atoms with Crippen LogP contribution in [-0.4, -0.2) is 11.5 Å². The van der Waals surface area contributed by atoms with Crippen molar-refractivity contribution in [3.05, 3.63) is 34.3 Å². The largest absolute Gasteiger partial charge is 0.382 e. The second kappa shape index (κ2) is 5.32. The van der Waals surface area contributed by atoms with Crippen molar-refractivity contribution in [1.29, 1.82) is 0 Å². The Hall–Kier alpha value is -1.16. The van der Waals surface area contributed by atoms with Crippen LogP contribution in [0.25, 0.3) is 0 Å². The van der Waals surface area contributed by atoms with Crippen molar-refractivity contribution >= 4 is 27.5 Å². The predicted octanol–water partition coefficient (Wildman–Crippen LogP) is 4.01. The van der Waals surface area contributed by atoms with Gasteiger partial charge >= 0.3 is 0 Å². The van der Waals surface area contributed by atoms with Crippen molar-refractivity contribution < 1.29 is 0 Å². The van der Waals surface area contributed by atoms with E-state index in [-0.39, 0.29) is 0 Å². The Morgan fingerprint density at radius 2 is 1.95 bits per heavy atom. The van der Waals surface area contributed by atoms with Crippen molar-refractivity contribution in [1.82, 2.24) is 0 Å². The maximum Gasteiger partial charge on any atom is 0.181 e. The first-order chi connectivity index (χ1) is 9.62. The first-order valence-electron chi connectivity index (χ1n) is 7.30. The average molecular weight is 334 g/mol. The van der Waals surface area contributed by atoms with Gasteiger partial charge in [-0.05, 0) is 31.9 Å². The van der Waals surface area contributed by atoms with Gasteiger partial charge in [0.2, 0.25) is 0 Å². The van der Waals surface area contributed by atoms with E-state index in [1.165, 1.54) is 32.1 Å².